The Morgan fingerprint density at radius 2 is 2.16 bits per heavy atom. The number of pyridine rings is 2. The minimum atomic E-state index is -0.500. The number of anilines is 3. The highest BCUT2D eigenvalue weighted by atomic mass is 19.1. The molecule has 1 aromatic carbocycles. The molecular formula is C23H25FN6O2. The third-order valence-electron chi connectivity index (χ3n) is 6.10. The smallest absolute Gasteiger partial charge is 0.320 e. The average Bonchev–Trinajstić information content (AvgIpc) is 3.30. The molecule has 3 aromatic rings. The molecule has 8 nitrogen and oxygen atoms in total. The Bertz CT molecular complexity index is 1210. The van der Waals surface area contributed by atoms with Crippen LogP contribution in [0.15, 0.2) is 24.5 Å². The van der Waals surface area contributed by atoms with Gasteiger partial charge < -0.3 is 21.1 Å². The monoisotopic (exact) mass is 436 g/mol. The van der Waals surface area contributed by atoms with Crippen LogP contribution in [0.2, 0.25) is 0 Å². The summed E-state index contributed by atoms with van der Waals surface area (Å²) in [5, 5.41) is 10.1. The van der Waals surface area contributed by atoms with Crippen LogP contribution >= 0.6 is 0 Å². The second-order valence-electron chi connectivity index (χ2n) is 8.25. The van der Waals surface area contributed by atoms with Gasteiger partial charge in [-0.15, -0.1) is 0 Å². The van der Waals surface area contributed by atoms with Crippen molar-refractivity contribution in [3.8, 4) is 11.1 Å². The molecule has 0 radical (unpaired) electrons. The third kappa shape index (κ3) is 3.69. The molecule has 0 saturated carbocycles. The van der Waals surface area contributed by atoms with Crippen molar-refractivity contribution in [1.82, 2.24) is 15.3 Å². The summed E-state index contributed by atoms with van der Waals surface area (Å²) >= 11 is 0. The van der Waals surface area contributed by atoms with Crippen LogP contribution in [0.5, 0.6) is 0 Å². The van der Waals surface area contributed by atoms with Crippen LogP contribution in [-0.2, 0) is 11.2 Å². The number of nitrogens with zero attached hydrogens (tertiary/aromatic N) is 2. The molecule has 4 heterocycles. The van der Waals surface area contributed by atoms with Crippen LogP contribution in [-0.4, -0.2) is 41.8 Å². The third-order valence-corrected chi connectivity index (χ3v) is 6.10. The standard InChI is InChI=1S/C23H25FN6O2/c1-12-16(9-27-18-3-2-5-26-22(12)18)15-7-13-8-19(28-10-17(13)21(25)20(15)24)30-23(31)29-14-4-6-32-11-14/h7-10,14,26H,2-6,11,25H2,1H3,(H2,28,29,30,31)/t14-/m0/s1. The summed E-state index contributed by atoms with van der Waals surface area (Å²) in [7, 11) is 0. The highest BCUT2D eigenvalue weighted by Gasteiger charge is 2.21. The van der Waals surface area contributed by atoms with Crippen molar-refractivity contribution in [3.05, 3.63) is 41.6 Å². The van der Waals surface area contributed by atoms with Crippen molar-refractivity contribution in [3.63, 3.8) is 0 Å². The Hall–Kier alpha value is -3.46. The van der Waals surface area contributed by atoms with Gasteiger partial charge in [0.1, 0.15) is 5.82 Å². The first-order chi connectivity index (χ1) is 15.5. The lowest BCUT2D eigenvalue weighted by Crippen LogP contribution is -2.38. The van der Waals surface area contributed by atoms with Crippen molar-refractivity contribution in [2.75, 3.05) is 36.1 Å². The molecule has 1 saturated heterocycles. The number of fused-ring (bicyclic) bond motifs is 2. The highest BCUT2D eigenvalue weighted by Crippen LogP contribution is 2.38. The second-order valence-corrected chi connectivity index (χ2v) is 8.25. The zero-order valence-electron chi connectivity index (χ0n) is 17.8. The first-order valence-electron chi connectivity index (χ1n) is 10.8. The number of benzene rings is 1. The number of ether oxygens (including phenoxy) is 1. The summed E-state index contributed by atoms with van der Waals surface area (Å²) in [6.45, 7) is 3.97. The molecule has 2 aliphatic rings. The van der Waals surface area contributed by atoms with E-state index in [1.807, 2.05) is 6.92 Å². The Morgan fingerprint density at radius 3 is 2.97 bits per heavy atom. The molecule has 166 valence electrons. The van der Waals surface area contributed by atoms with Gasteiger partial charge in [-0.2, -0.15) is 0 Å². The van der Waals surface area contributed by atoms with Gasteiger partial charge in [0.2, 0.25) is 0 Å². The number of urea groups is 1. The normalized spacial score (nSPS) is 17.6. The minimum absolute atomic E-state index is 0.0140. The Kier molecular flexibility index (Phi) is 5.26. The van der Waals surface area contributed by atoms with Crippen LogP contribution < -0.4 is 21.7 Å². The van der Waals surface area contributed by atoms with Gasteiger partial charge in [0.05, 0.1) is 29.7 Å². The predicted molar refractivity (Wildman–Crippen MR) is 122 cm³/mol. The second kappa shape index (κ2) is 8.23. The zero-order valence-corrected chi connectivity index (χ0v) is 17.8. The van der Waals surface area contributed by atoms with E-state index >= 15 is 4.39 Å². The zero-order chi connectivity index (χ0) is 22.2. The molecule has 2 aromatic heterocycles. The van der Waals surface area contributed by atoms with E-state index in [2.05, 4.69) is 25.9 Å². The van der Waals surface area contributed by atoms with Gasteiger partial charge in [0, 0.05) is 42.1 Å². The van der Waals surface area contributed by atoms with E-state index in [0.29, 0.717) is 40.9 Å². The molecule has 0 spiro atoms. The fourth-order valence-corrected chi connectivity index (χ4v) is 4.37. The van der Waals surface area contributed by atoms with Crippen molar-refractivity contribution >= 4 is 34.0 Å². The number of carbonyl (C=O) groups excluding carboxylic acids is 1. The van der Waals surface area contributed by atoms with Gasteiger partial charge in [-0.1, -0.05) is 0 Å². The number of amides is 2. The lowest BCUT2D eigenvalue weighted by Gasteiger charge is -2.21. The first kappa shape index (κ1) is 20.4. The topological polar surface area (TPSA) is 114 Å². The molecule has 1 fully saturated rings. The molecular weight excluding hydrogens is 411 g/mol. The van der Waals surface area contributed by atoms with E-state index in [4.69, 9.17) is 10.5 Å². The highest BCUT2D eigenvalue weighted by molar-refractivity contribution is 5.99. The van der Waals surface area contributed by atoms with Gasteiger partial charge in [-0.3, -0.25) is 10.3 Å². The number of halogens is 1. The maximum Gasteiger partial charge on any atom is 0.320 e. The molecule has 1 atom stereocenters. The largest absolute Gasteiger partial charge is 0.396 e. The number of nitrogens with one attached hydrogen (secondary N) is 3. The molecule has 5 N–H and O–H groups in total. The summed E-state index contributed by atoms with van der Waals surface area (Å²) in [5.41, 5.74) is 10.1. The Balaban J connectivity index is 1.50. The van der Waals surface area contributed by atoms with Crippen LogP contribution in [0.25, 0.3) is 21.9 Å². The van der Waals surface area contributed by atoms with E-state index in [0.717, 1.165) is 42.8 Å². The van der Waals surface area contributed by atoms with Crippen LogP contribution in [0.3, 0.4) is 0 Å². The molecule has 9 heteroatoms. The van der Waals surface area contributed by atoms with Gasteiger partial charge in [0.25, 0.3) is 0 Å². The number of hydrogen-bond donors (Lipinski definition) is 4. The summed E-state index contributed by atoms with van der Waals surface area (Å²) in [6.07, 6.45) is 5.90. The van der Waals surface area contributed by atoms with E-state index in [-0.39, 0.29) is 17.8 Å². The van der Waals surface area contributed by atoms with Gasteiger partial charge in [0.15, 0.2) is 5.82 Å². The number of rotatable bonds is 3. The van der Waals surface area contributed by atoms with Crippen LogP contribution in [0, 0.1) is 12.7 Å². The predicted octanol–water partition coefficient (Wildman–Crippen LogP) is 3.60. The number of aromatic nitrogens is 2. The van der Waals surface area contributed by atoms with Crippen molar-refractivity contribution in [2.24, 2.45) is 0 Å². The van der Waals surface area contributed by atoms with Crippen molar-refractivity contribution < 1.29 is 13.9 Å². The Morgan fingerprint density at radius 1 is 1.28 bits per heavy atom. The van der Waals surface area contributed by atoms with Crippen LogP contribution in [0.1, 0.15) is 24.1 Å². The lowest BCUT2D eigenvalue weighted by molar-refractivity contribution is 0.189. The van der Waals surface area contributed by atoms with E-state index < -0.39 is 5.82 Å². The maximum absolute atomic E-state index is 15.3. The number of carbonyl (C=O) groups is 1. The molecule has 0 unspecified atom stereocenters. The van der Waals surface area contributed by atoms with E-state index in [1.165, 1.54) is 6.20 Å². The fraction of sp³-hybridized carbons (Fsp3) is 0.348. The quantitative estimate of drug-likeness (QED) is 0.467. The molecule has 0 bridgehead atoms. The number of aryl methyl sites for hydroxylation is 1. The lowest BCUT2D eigenvalue weighted by atomic mass is 9.95. The molecule has 5 rings (SSSR count). The number of nitrogen functional groups attached to an aromatic ring is 1. The maximum atomic E-state index is 15.3. The summed E-state index contributed by atoms with van der Waals surface area (Å²) in [4.78, 5) is 21.1. The average molecular weight is 436 g/mol. The first-order valence-corrected chi connectivity index (χ1v) is 10.8. The minimum Gasteiger partial charge on any atom is -0.396 e. The summed E-state index contributed by atoms with van der Waals surface area (Å²) in [5.74, 6) is -0.146. The molecule has 32 heavy (non-hydrogen) atoms. The van der Waals surface area contributed by atoms with Gasteiger partial charge in [-0.05, 0) is 49.3 Å². The SMILES string of the molecule is Cc1c(-c2cc3cc(NC(=O)N[C@H]4CCOC4)ncc3c(N)c2F)cnc2c1NCCC2. The summed E-state index contributed by atoms with van der Waals surface area (Å²) < 4.78 is 20.5. The van der Waals surface area contributed by atoms with Gasteiger partial charge in [-0.25, -0.2) is 14.2 Å². The fourth-order valence-electron chi connectivity index (χ4n) is 4.37. The number of hydrogen-bond acceptors (Lipinski definition) is 6. The summed E-state index contributed by atoms with van der Waals surface area (Å²) in [6, 6.07) is 3.05. The van der Waals surface area contributed by atoms with E-state index in [9.17, 15) is 4.79 Å². The molecule has 2 aliphatic heterocycles. The molecule has 2 amide bonds. The van der Waals surface area contributed by atoms with E-state index in [1.54, 1.807) is 18.3 Å². The molecule has 0 aliphatic carbocycles. The Labute approximate surface area is 184 Å². The van der Waals surface area contributed by atoms with Crippen molar-refractivity contribution in [1.29, 1.82) is 0 Å². The number of nitrogens with two attached hydrogens (primary N) is 1. The van der Waals surface area contributed by atoms with Crippen LogP contribution in [0.4, 0.5) is 26.4 Å². The van der Waals surface area contributed by atoms with Gasteiger partial charge >= 0.3 is 6.03 Å². The van der Waals surface area contributed by atoms with Crippen molar-refractivity contribution in [2.45, 2.75) is 32.2 Å².